The molecule has 174 valence electrons. The maximum absolute atomic E-state index is 13.1. The number of ether oxygens (including phenoxy) is 1. The molecule has 0 saturated carbocycles. The highest BCUT2D eigenvalue weighted by molar-refractivity contribution is 8.03. The summed E-state index contributed by atoms with van der Waals surface area (Å²) < 4.78 is 18.2. The summed E-state index contributed by atoms with van der Waals surface area (Å²) in [6, 6.07) is 18.7. The molecule has 34 heavy (non-hydrogen) atoms. The van der Waals surface area contributed by atoms with Crippen molar-refractivity contribution in [1.29, 1.82) is 0 Å². The van der Waals surface area contributed by atoms with E-state index in [1.54, 1.807) is 36.2 Å². The van der Waals surface area contributed by atoms with Gasteiger partial charge in [-0.25, -0.2) is 9.18 Å². The Morgan fingerprint density at radius 3 is 2.68 bits per heavy atom. The molecule has 1 aliphatic heterocycles. The van der Waals surface area contributed by atoms with Crippen LogP contribution in [0.1, 0.15) is 17.5 Å². The molecular weight excluding hydrogens is 451 g/mol. The van der Waals surface area contributed by atoms with Gasteiger partial charge in [0.1, 0.15) is 10.8 Å². The molecule has 0 amide bonds. The molecule has 0 atom stereocenters. The first-order chi connectivity index (χ1) is 16.6. The summed E-state index contributed by atoms with van der Waals surface area (Å²) >= 11 is 1.58. The topological polar surface area (TPSA) is 62.7 Å². The maximum atomic E-state index is 13.1. The number of benzene rings is 2. The first kappa shape index (κ1) is 23.6. The summed E-state index contributed by atoms with van der Waals surface area (Å²) in [7, 11) is 0. The van der Waals surface area contributed by atoms with Crippen molar-refractivity contribution >= 4 is 17.9 Å². The number of carboxylic acid groups (broad SMARTS) is 1. The Morgan fingerprint density at radius 2 is 1.91 bits per heavy atom. The number of hydrogen-bond donors (Lipinski definition) is 1. The fourth-order valence-corrected chi connectivity index (χ4v) is 4.82. The second-order valence-corrected chi connectivity index (χ2v) is 8.92. The Labute approximate surface area is 202 Å². The van der Waals surface area contributed by atoms with Crippen LogP contribution >= 0.6 is 11.8 Å². The van der Waals surface area contributed by atoms with E-state index in [2.05, 4.69) is 28.1 Å². The number of allylic oxidation sites excluding steroid dienone is 1. The Bertz CT molecular complexity index is 1180. The minimum atomic E-state index is -1.33. The van der Waals surface area contributed by atoms with Gasteiger partial charge in [0, 0.05) is 25.5 Å². The third kappa shape index (κ3) is 6.48. The van der Waals surface area contributed by atoms with E-state index in [9.17, 15) is 14.3 Å². The van der Waals surface area contributed by atoms with Crippen LogP contribution in [0.2, 0.25) is 0 Å². The molecule has 0 unspecified atom stereocenters. The monoisotopic (exact) mass is 476 g/mol. The zero-order valence-corrected chi connectivity index (χ0v) is 19.4. The number of nitrogens with zero attached hydrogens (tertiary/aromatic N) is 2. The van der Waals surface area contributed by atoms with Crippen molar-refractivity contribution in [1.82, 2.24) is 9.88 Å². The van der Waals surface area contributed by atoms with Crippen LogP contribution in [0.3, 0.4) is 0 Å². The number of aromatic nitrogens is 1. The lowest BCUT2D eigenvalue weighted by Gasteiger charge is -2.29. The van der Waals surface area contributed by atoms with Crippen LogP contribution in [0.15, 0.2) is 96.0 Å². The number of aryl methyl sites for hydroxylation is 1. The Balaban J connectivity index is 1.46. The van der Waals surface area contributed by atoms with Gasteiger partial charge in [0.2, 0.25) is 0 Å². The van der Waals surface area contributed by atoms with Gasteiger partial charge in [0.25, 0.3) is 0 Å². The second-order valence-electron chi connectivity index (χ2n) is 7.84. The molecule has 1 N–H and O–H groups in total. The fraction of sp³-hybridized carbons (Fsp3) is 0.185. The third-order valence-electron chi connectivity index (χ3n) is 5.35. The quantitative estimate of drug-likeness (QED) is 0.281. The highest BCUT2D eigenvalue weighted by Gasteiger charge is 2.21. The van der Waals surface area contributed by atoms with Gasteiger partial charge in [-0.1, -0.05) is 42.5 Å². The Kier molecular flexibility index (Phi) is 7.99. The number of thioether (sulfide) groups is 1. The molecule has 5 nitrogen and oxygen atoms in total. The van der Waals surface area contributed by atoms with Gasteiger partial charge in [0.15, 0.2) is 5.76 Å². The van der Waals surface area contributed by atoms with E-state index in [1.165, 1.54) is 12.1 Å². The minimum absolute atomic E-state index is 0.240. The molecule has 0 saturated heterocycles. The summed E-state index contributed by atoms with van der Waals surface area (Å²) in [5.74, 6) is 0.879. The number of pyridine rings is 1. The smallest absolute Gasteiger partial charge is 0.449 e. The molecule has 0 aliphatic carbocycles. The van der Waals surface area contributed by atoms with Crippen LogP contribution < -0.4 is 0 Å². The first-order valence-electron chi connectivity index (χ1n) is 11.0. The standard InChI is InChI=1S/C27H25FN2O3S/c28-24-12-10-20(11-13-24)6-4-16-34-26-25(33-27(31)32)9-3-15-30(26)19-21-5-1-7-22(17-21)23-8-2-14-29-18-23/h1-3,5,7-14,17-18H,4,6,15-16,19H2,(H,31,32). The average molecular weight is 477 g/mol. The molecule has 2 aromatic carbocycles. The summed E-state index contributed by atoms with van der Waals surface area (Å²) in [5, 5.41) is 10.0. The van der Waals surface area contributed by atoms with Crippen LogP contribution in [-0.4, -0.2) is 33.4 Å². The highest BCUT2D eigenvalue weighted by Crippen LogP contribution is 2.31. The molecule has 7 heteroatoms. The van der Waals surface area contributed by atoms with Crippen molar-refractivity contribution in [3.63, 3.8) is 0 Å². The zero-order valence-electron chi connectivity index (χ0n) is 18.6. The number of carbonyl (C=O) groups is 1. The number of rotatable bonds is 9. The lowest BCUT2D eigenvalue weighted by Crippen LogP contribution is -2.26. The zero-order chi connectivity index (χ0) is 23.8. The molecule has 0 bridgehead atoms. The number of hydrogen-bond acceptors (Lipinski definition) is 5. The van der Waals surface area contributed by atoms with Crippen molar-refractivity contribution in [2.45, 2.75) is 19.4 Å². The van der Waals surface area contributed by atoms with Crippen LogP contribution in [-0.2, 0) is 17.7 Å². The summed E-state index contributed by atoms with van der Waals surface area (Å²) in [5.41, 5.74) is 4.31. The van der Waals surface area contributed by atoms with Crippen molar-refractivity contribution in [3.05, 3.63) is 113 Å². The van der Waals surface area contributed by atoms with Gasteiger partial charge in [-0.15, -0.1) is 11.8 Å². The molecule has 4 rings (SSSR count). The molecular formula is C27H25FN2O3S. The van der Waals surface area contributed by atoms with Crippen molar-refractivity contribution < 1.29 is 19.0 Å². The lowest BCUT2D eigenvalue weighted by atomic mass is 10.0. The first-order valence-corrected chi connectivity index (χ1v) is 12.0. The highest BCUT2D eigenvalue weighted by atomic mass is 32.2. The normalized spacial score (nSPS) is 13.3. The van der Waals surface area contributed by atoms with E-state index < -0.39 is 6.16 Å². The summed E-state index contributed by atoms with van der Waals surface area (Å²) in [6.07, 6.45) is 7.58. The van der Waals surface area contributed by atoms with Crippen molar-refractivity contribution in [2.24, 2.45) is 0 Å². The van der Waals surface area contributed by atoms with E-state index >= 15 is 0 Å². The largest absolute Gasteiger partial charge is 0.511 e. The van der Waals surface area contributed by atoms with Crippen LogP contribution in [0.5, 0.6) is 0 Å². The SMILES string of the molecule is O=C(O)OC1=C(SCCCc2ccc(F)cc2)N(Cc2cccc(-c3cccnc3)c2)CC=C1. The maximum Gasteiger partial charge on any atom is 0.511 e. The molecule has 0 spiro atoms. The van der Waals surface area contributed by atoms with Gasteiger partial charge < -0.3 is 14.7 Å². The fourth-order valence-electron chi connectivity index (χ4n) is 3.77. The predicted molar refractivity (Wildman–Crippen MR) is 133 cm³/mol. The van der Waals surface area contributed by atoms with Crippen LogP contribution in [0.25, 0.3) is 11.1 Å². The van der Waals surface area contributed by atoms with Gasteiger partial charge in [-0.3, -0.25) is 4.98 Å². The van der Waals surface area contributed by atoms with E-state index in [1.807, 2.05) is 30.5 Å². The van der Waals surface area contributed by atoms with E-state index in [0.717, 1.165) is 45.9 Å². The predicted octanol–water partition coefficient (Wildman–Crippen LogP) is 6.49. The molecule has 3 aromatic rings. The van der Waals surface area contributed by atoms with Gasteiger partial charge in [-0.05, 0) is 71.2 Å². The van der Waals surface area contributed by atoms with Crippen LogP contribution in [0.4, 0.5) is 9.18 Å². The van der Waals surface area contributed by atoms with E-state index in [4.69, 9.17) is 4.74 Å². The second kappa shape index (κ2) is 11.5. The molecule has 2 heterocycles. The van der Waals surface area contributed by atoms with Gasteiger partial charge in [0.05, 0.1) is 0 Å². The lowest BCUT2D eigenvalue weighted by molar-refractivity contribution is 0.119. The Hall–Kier alpha value is -3.58. The summed E-state index contributed by atoms with van der Waals surface area (Å²) in [4.78, 5) is 17.6. The molecule has 0 fully saturated rings. The third-order valence-corrected chi connectivity index (χ3v) is 6.57. The van der Waals surface area contributed by atoms with E-state index in [0.29, 0.717) is 18.8 Å². The molecule has 0 radical (unpaired) electrons. The van der Waals surface area contributed by atoms with E-state index in [-0.39, 0.29) is 5.82 Å². The molecule has 1 aliphatic rings. The number of halogens is 1. The van der Waals surface area contributed by atoms with Gasteiger partial charge in [-0.2, -0.15) is 0 Å². The summed E-state index contributed by atoms with van der Waals surface area (Å²) in [6.45, 7) is 1.27. The van der Waals surface area contributed by atoms with Gasteiger partial charge >= 0.3 is 6.16 Å². The molecule has 1 aromatic heterocycles. The van der Waals surface area contributed by atoms with Crippen LogP contribution in [0, 0.1) is 5.82 Å². The Morgan fingerprint density at radius 1 is 1.09 bits per heavy atom. The minimum Gasteiger partial charge on any atom is -0.449 e. The average Bonchev–Trinajstić information content (AvgIpc) is 2.84. The van der Waals surface area contributed by atoms with Crippen molar-refractivity contribution in [2.75, 3.05) is 12.3 Å². The van der Waals surface area contributed by atoms with Crippen molar-refractivity contribution in [3.8, 4) is 11.1 Å².